The molecule has 0 radical (unpaired) electrons. The SMILES string of the molecule is CCCC(C(=O)NCc1cccnc1)C(N)=NO. The Balaban J connectivity index is 2.57. The second-order valence-corrected chi connectivity index (χ2v) is 3.95. The Hall–Kier alpha value is -2.11. The molecule has 0 saturated carbocycles. The first-order chi connectivity index (χ1) is 8.69. The highest BCUT2D eigenvalue weighted by atomic mass is 16.4. The summed E-state index contributed by atoms with van der Waals surface area (Å²) in [6.45, 7) is 2.32. The van der Waals surface area contributed by atoms with E-state index in [2.05, 4.69) is 15.5 Å². The van der Waals surface area contributed by atoms with Gasteiger partial charge in [-0.3, -0.25) is 9.78 Å². The first-order valence-electron chi connectivity index (χ1n) is 5.83. The molecule has 1 aromatic rings. The summed E-state index contributed by atoms with van der Waals surface area (Å²) in [6.07, 6.45) is 4.68. The Morgan fingerprint density at radius 2 is 2.44 bits per heavy atom. The summed E-state index contributed by atoms with van der Waals surface area (Å²) in [5.74, 6) is -0.881. The van der Waals surface area contributed by atoms with Crippen molar-refractivity contribution in [3.8, 4) is 0 Å². The molecule has 0 saturated heterocycles. The molecule has 0 aromatic carbocycles. The van der Waals surface area contributed by atoms with Gasteiger partial charge in [0.2, 0.25) is 5.91 Å². The van der Waals surface area contributed by atoms with E-state index >= 15 is 0 Å². The molecule has 1 amide bonds. The fourth-order valence-electron chi connectivity index (χ4n) is 1.59. The zero-order chi connectivity index (χ0) is 13.4. The first kappa shape index (κ1) is 14.0. The highest BCUT2D eigenvalue weighted by molar-refractivity contribution is 6.01. The Labute approximate surface area is 106 Å². The number of nitrogens with two attached hydrogens (primary N) is 1. The number of carbonyl (C=O) groups excluding carboxylic acids is 1. The molecule has 1 rings (SSSR count). The molecule has 1 atom stereocenters. The van der Waals surface area contributed by atoms with Crippen molar-refractivity contribution >= 4 is 11.7 Å². The van der Waals surface area contributed by atoms with Crippen LogP contribution in [0.1, 0.15) is 25.3 Å². The number of nitrogens with zero attached hydrogens (tertiary/aromatic N) is 2. The molecule has 1 heterocycles. The molecule has 0 bridgehead atoms. The molecule has 0 spiro atoms. The van der Waals surface area contributed by atoms with Gasteiger partial charge in [-0.2, -0.15) is 0 Å². The number of carbonyl (C=O) groups is 1. The minimum absolute atomic E-state index is 0.0551. The topological polar surface area (TPSA) is 101 Å². The summed E-state index contributed by atoms with van der Waals surface area (Å²) in [6, 6.07) is 3.67. The summed E-state index contributed by atoms with van der Waals surface area (Å²) in [5, 5.41) is 14.3. The molecular weight excluding hydrogens is 232 g/mol. The van der Waals surface area contributed by atoms with Gasteiger partial charge in [-0.05, 0) is 18.1 Å². The van der Waals surface area contributed by atoms with Gasteiger partial charge in [0.25, 0.3) is 0 Å². The van der Waals surface area contributed by atoms with Crippen molar-refractivity contribution < 1.29 is 10.0 Å². The van der Waals surface area contributed by atoms with Crippen LogP contribution in [-0.4, -0.2) is 21.9 Å². The number of oxime groups is 1. The Kier molecular flexibility index (Phi) is 5.63. The molecule has 0 aliphatic carbocycles. The molecule has 4 N–H and O–H groups in total. The van der Waals surface area contributed by atoms with Crippen LogP contribution in [0.25, 0.3) is 0 Å². The number of rotatable bonds is 6. The molecule has 0 aliphatic heterocycles. The van der Waals surface area contributed by atoms with Crippen molar-refractivity contribution in [2.45, 2.75) is 26.3 Å². The third kappa shape index (κ3) is 4.04. The predicted octanol–water partition coefficient (Wildman–Crippen LogP) is 0.861. The molecule has 18 heavy (non-hydrogen) atoms. The fourth-order valence-corrected chi connectivity index (χ4v) is 1.59. The maximum Gasteiger partial charge on any atom is 0.231 e. The van der Waals surface area contributed by atoms with Crippen LogP contribution in [0.5, 0.6) is 0 Å². The van der Waals surface area contributed by atoms with E-state index in [-0.39, 0.29) is 11.7 Å². The number of amidine groups is 1. The standard InChI is InChI=1S/C12H18N4O2/c1-2-4-10(11(13)16-18)12(17)15-8-9-5-3-6-14-7-9/h3,5-7,10,18H,2,4,8H2,1H3,(H2,13,16)(H,15,17). The van der Waals surface area contributed by atoms with Crippen LogP contribution >= 0.6 is 0 Å². The van der Waals surface area contributed by atoms with Crippen molar-refractivity contribution in [2.75, 3.05) is 0 Å². The van der Waals surface area contributed by atoms with E-state index < -0.39 is 5.92 Å². The van der Waals surface area contributed by atoms with Gasteiger partial charge >= 0.3 is 0 Å². The van der Waals surface area contributed by atoms with Gasteiger partial charge in [0.05, 0.1) is 5.92 Å². The molecule has 1 aromatic heterocycles. The van der Waals surface area contributed by atoms with Crippen molar-refractivity contribution in [1.82, 2.24) is 10.3 Å². The van der Waals surface area contributed by atoms with E-state index in [1.165, 1.54) is 0 Å². The number of hydrogen-bond donors (Lipinski definition) is 3. The molecule has 6 nitrogen and oxygen atoms in total. The fraction of sp³-hybridized carbons (Fsp3) is 0.417. The minimum atomic E-state index is -0.586. The number of hydrogen-bond acceptors (Lipinski definition) is 4. The third-order valence-electron chi connectivity index (χ3n) is 2.56. The Bertz CT molecular complexity index is 406. The van der Waals surface area contributed by atoms with Crippen molar-refractivity contribution in [1.29, 1.82) is 0 Å². The monoisotopic (exact) mass is 250 g/mol. The summed E-state index contributed by atoms with van der Waals surface area (Å²) < 4.78 is 0. The second kappa shape index (κ2) is 7.26. The Morgan fingerprint density at radius 3 is 3.00 bits per heavy atom. The van der Waals surface area contributed by atoms with Crippen LogP contribution in [0.4, 0.5) is 0 Å². The molecule has 98 valence electrons. The van der Waals surface area contributed by atoms with E-state index in [1.54, 1.807) is 18.5 Å². The maximum atomic E-state index is 11.9. The highest BCUT2D eigenvalue weighted by Gasteiger charge is 2.21. The summed E-state index contributed by atoms with van der Waals surface area (Å²) >= 11 is 0. The lowest BCUT2D eigenvalue weighted by molar-refractivity contribution is -0.123. The molecule has 0 aliphatic rings. The van der Waals surface area contributed by atoms with Crippen LogP contribution < -0.4 is 11.1 Å². The van der Waals surface area contributed by atoms with E-state index in [1.807, 2.05) is 13.0 Å². The van der Waals surface area contributed by atoms with Gasteiger partial charge in [0.15, 0.2) is 5.84 Å². The molecule has 6 heteroatoms. The summed E-state index contributed by atoms with van der Waals surface area (Å²) in [4.78, 5) is 15.9. The van der Waals surface area contributed by atoms with Crippen molar-refractivity contribution in [2.24, 2.45) is 16.8 Å². The van der Waals surface area contributed by atoms with Gasteiger partial charge in [0.1, 0.15) is 0 Å². The number of nitrogens with one attached hydrogen (secondary N) is 1. The van der Waals surface area contributed by atoms with Crippen molar-refractivity contribution in [3.63, 3.8) is 0 Å². The summed E-state index contributed by atoms with van der Waals surface area (Å²) in [5.41, 5.74) is 6.40. The van der Waals surface area contributed by atoms with E-state index in [4.69, 9.17) is 10.9 Å². The zero-order valence-corrected chi connectivity index (χ0v) is 10.3. The van der Waals surface area contributed by atoms with Crippen LogP contribution in [-0.2, 0) is 11.3 Å². The minimum Gasteiger partial charge on any atom is -0.409 e. The highest BCUT2D eigenvalue weighted by Crippen LogP contribution is 2.07. The van der Waals surface area contributed by atoms with E-state index in [9.17, 15) is 4.79 Å². The average molecular weight is 250 g/mol. The van der Waals surface area contributed by atoms with Gasteiger partial charge in [-0.15, -0.1) is 0 Å². The van der Waals surface area contributed by atoms with Gasteiger partial charge < -0.3 is 16.3 Å². The van der Waals surface area contributed by atoms with Gasteiger partial charge in [-0.25, -0.2) is 0 Å². The quantitative estimate of drug-likeness (QED) is 0.301. The van der Waals surface area contributed by atoms with E-state index in [0.717, 1.165) is 12.0 Å². The zero-order valence-electron chi connectivity index (χ0n) is 10.3. The largest absolute Gasteiger partial charge is 0.409 e. The molecule has 1 unspecified atom stereocenters. The van der Waals surface area contributed by atoms with Crippen LogP contribution in [0.3, 0.4) is 0 Å². The first-order valence-corrected chi connectivity index (χ1v) is 5.83. The lowest BCUT2D eigenvalue weighted by Gasteiger charge is -2.14. The average Bonchev–Trinajstić information content (AvgIpc) is 2.42. The second-order valence-electron chi connectivity index (χ2n) is 3.95. The maximum absolute atomic E-state index is 11.9. The number of pyridine rings is 1. The number of aromatic nitrogens is 1. The molecular formula is C12H18N4O2. The van der Waals surface area contributed by atoms with Crippen LogP contribution in [0.15, 0.2) is 29.7 Å². The normalized spacial score (nSPS) is 13.1. The Morgan fingerprint density at radius 1 is 1.67 bits per heavy atom. The predicted molar refractivity (Wildman–Crippen MR) is 67.9 cm³/mol. The van der Waals surface area contributed by atoms with E-state index in [0.29, 0.717) is 13.0 Å². The smallest absolute Gasteiger partial charge is 0.231 e. The number of amides is 1. The van der Waals surface area contributed by atoms with Crippen molar-refractivity contribution in [3.05, 3.63) is 30.1 Å². The van der Waals surface area contributed by atoms with Crippen LogP contribution in [0, 0.1) is 5.92 Å². The van der Waals surface area contributed by atoms with Gasteiger partial charge in [-0.1, -0.05) is 24.6 Å². The van der Waals surface area contributed by atoms with Gasteiger partial charge in [0, 0.05) is 18.9 Å². The van der Waals surface area contributed by atoms with Crippen LogP contribution in [0.2, 0.25) is 0 Å². The summed E-state index contributed by atoms with van der Waals surface area (Å²) in [7, 11) is 0. The lowest BCUT2D eigenvalue weighted by atomic mass is 10.0. The molecule has 0 fully saturated rings. The third-order valence-corrected chi connectivity index (χ3v) is 2.56. The lowest BCUT2D eigenvalue weighted by Crippen LogP contribution is -2.38.